The van der Waals surface area contributed by atoms with Gasteiger partial charge in [0, 0.05) is 11.3 Å². The largest absolute Gasteiger partial charge is 0.324 e. The molecule has 0 aliphatic heterocycles. The zero-order chi connectivity index (χ0) is 21.1. The van der Waals surface area contributed by atoms with E-state index in [2.05, 4.69) is 5.32 Å². The number of anilines is 2. The van der Waals surface area contributed by atoms with Gasteiger partial charge in [-0.3, -0.25) is 13.9 Å². The quantitative estimate of drug-likeness (QED) is 0.716. The van der Waals surface area contributed by atoms with Crippen LogP contribution in [0.1, 0.15) is 41.8 Å². The first-order valence-electron chi connectivity index (χ1n) is 9.03. The highest BCUT2D eigenvalue weighted by atomic mass is 32.2. The number of nitrogens with zero attached hydrogens (tertiary/aromatic N) is 1. The number of amides is 1. The highest BCUT2D eigenvalue weighted by molar-refractivity contribution is 7.92. The van der Waals surface area contributed by atoms with Crippen molar-refractivity contribution in [1.29, 1.82) is 0 Å². The molecule has 0 bridgehead atoms. The Hall–Kier alpha value is -2.67. The molecule has 0 heterocycles. The predicted octanol–water partition coefficient (Wildman–Crippen LogP) is 3.69. The van der Waals surface area contributed by atoms with Gasteiger partial charge in [0.15, 0.2) is 5.78 Å². The van der Waals surface area contributed by atoms with Crippen LogP contribution < -0.4 is 9.62 Å². The predicted molar refractivity (Wildman–Crippen MR) is 112 cm³/mol. The van der Waals surface area contributed by atoms with E-state index < -0.39 is 22.0 Å². The van der Waals surface area contributed by atoms with Crippen molar-refractivity contribution in [3.8, 4) is 0 Å². The van der Waals surface area contributed by atoms with E-state index in [-0.39, 0.29) is 12.2 Å². The van der Waals surface area contributed by atoms with Gasteiger partial charge in [0.05, 0.1) is 11.9 Å². The molecule has 0 unspecified atom stereocenters. The molecule has 0 aliphatic rings. The fourth-order valence-corrected chi connectivity index (χ4v) is 4.17. The number of hydrogen-bond acceptors (Lipinski definition) is 4. The molecule has 1 N–H and O–H groups in total. The number of aryl methyl sites for hydroxylation is 2. The molecule has 6 nitrogen and oxygen atoms in total. The van der Waals surface area contributed by atoms with Crippen molar-refractivity contribution < 1.29 is 18.0 Å². The van der Waals surface area contributed by atoms with Gasteiger partial charge in [0.25, 0.3) is 0 Å². The average molecular weight is 403 g/mol. The van der Waals surface area contributed by atoms with E-state index >= 15 is 0 Å². The van der Waals surface area contributed by atoms with Gasteiger partial charge < -0.3 is 5.32 Å². The monoisotopic (exact) mass is 402 g/mol. The molecule has 0 aliphatic carbocycles. The fraction of sp³-hybridized carbons (Fsp3) is 0.333. The lowest BCUT2D eigenvalue weighted by Crippen LogP contribution is -2.47. The molecule has 7 heteroatoms. The van der Waals surface area contributed by atoms with Crippen LogP contribution in [0.4, 0.5) is 11.4 Å². The van der Waals surface area contributed by atoms with E-state index in [9.17, 15) is 18.0 Å². The van der Waals surface area contributed by atoms with Crippen molar-refractivity contribution in [1.82, 2.24) is 0 Å². The third kappa shape index (κ3) is 4.98. The van der Waals surface area contributed by atoms with Crippen molar-refractivity contribution in [2.24, 2.45) is 0 Å². The third-order valence-electron chi connectivity index (χ3n) is 4.61. The Bertz CT molecular complexity index is 999. The highest BCUT2D eigenvalue weighted by Gasteiger charge is 2.31. The van der Waals surface area contributed by atoms with E-state index in [4.69, 9.17) is 0 Å². The van der Waals surface area contributed by atoms with Crippen LogP contribution in [0.3, 0.4) is 0 Å². The molecule has 2 rings (SSSR count). The number of carbonyl (C=O) groups is 2. The number of nitrogens with one attached hydrogen (secondary N) is 1. The molecule has 0 saturated heterocycles. The minimum atomic E-state index is -3.70. The molecule has 0 spiro atoms. The number of Topliss-reactive ketones (excluding diaryl/α,β-unsaturated/α-hetero) is 1. The maximum absolute atomic E-state index is 12.9. The van der Waals surface area contributed by atoms with E-state index in [1.54, 1.807) is 43.3 Å². The molecule has 0 aromatic heterocycles. The maximum Gasteiger partial charge on any atom is 0.248 e. The summed E-state index contributed by atoms with van der Waals surface area (Å²) in [5, 5.41) is 2.74. The molecule has 0 fully saturated rings. The summed E-state index contributed by atoms with van der Waals surface area (Å²) in [6.07, 6.45) is 1.38. The Kier molecular flexibility index (Phi) is 6.61. The standard InChI is InChI=1S/C21H26N2O4S/c1-6-20(21(25)22-18-9-7-8-17(13-18)16(4)24)23(28(5,26)27)19-11-10-14(2)15(3)12-19/h7-13,20H,6H2,1-5H3,(H,22,25)/t20-/m0/s1. The molecular formula is C21H26N2O4S. The van der Waals surface area contributed by atoms with Crippen molar-refractivity contribution in [3.05, 3.63) is 59.2 Å². The van der Waals surface area contributed by atoms with Crippen LogP contribution in [0.5, 0.6) is 0 Å². The number of ketones is 1. The van der Waals surface area contributed by atoms with Crippen molar-refractivity contribution >= 4 is 33.1 Å². The average Bonchev–Trinajstić information content (AvgIpc) is 2.61. The van der Waals surface area contributed by atoms with E-state index in [1.807, 2.05) is 19.9 Å². The molecule has 150 valence electrons. The number of sulfonamides is 1. The lowest BCUT2D eigenvalue weighted by atomic mass is 10.1. The fourth-order valence-electron chi connectivity index (χ4n) is 2.96. The minimum absolute atomic E-state index is 0.115. The van der Waals surface area contributed by atoms with Gasteiger partial charge in [-0.2, -0.15) is 0 Å². The summed E-state index contributed by atoms with van der Waals surface area (Å²) in [4.78, 5) is 24.5. The summed E-state index contributed by atoms with van der Waals surface area (Å²) >= 11 is 0. The SMILES string of the molecule is CC[C@@H](C(=O)Nc1cccc(C(C)=O)c1)N(c1ccc(C)c(C)c1)S(C)(=O)=O. The lowest BCUT2D eigenvalue weighted by molar-refractivity contribution is -0.117. The number of carbonyl (C=O) groups excluding carboxylic acids is 2. The number of benzene rings is 2. The minimum Gasteiger partial charge on any atom is -0.324 e. The topological polar surface area (TPSA) is 83.6 Å². The first-order chi connectivity index (χ1) is 13.0. The zero-order valence-electron chi connectivity index (χ0n) is 16.8. The Morgan fingerprint density at radius 2 is 1.75 bits per heavy atom. The van der Waals surface area contributed by atoms with Gasteiger partial charge >= 0.3 is 0 Å². The van der Waals surface area contributed by atoms with Gasteiger partial charge in [-0.1, -0.05) is 25.1 Å². The second-order valence-corrected chi connectivity index (χ2v) is 8.74. The molecule has 2 aromatic carbocycles. The molecular weight excluding hydrogens is 376 g/mol. The Balaban J connectivity index is 2.40. The van der Waals surface area contributed by atoms with Crippen LogP contribution >= 0.6 is 0 Å². The van der Waals surface area contributed by atoms with Crippen LogP contribution in [0.2, 0.25) is 0 Å². The van der Waals surface area contributed by atoms with Gasteiger partial charge in [0.2, 0.25) is 15.9 Å². The number of rotatable bonds is 7. The molecule has 0 radical (unpaired) electrons. The lowest BCUT2D eigenvalue weighted by Gasteiger charge is -2.30. The Morgan fingerprint density at radius 3 is 2.29 bits per heavy atom. The van der Waals surface area contributed by atoms with E-state index in [1.165, 1.54) is 6.92 Å². The van der Waals surface area contributed by atoms with Crippen LogP contribution in [0, 0.1) is 13.8 Å². The van der Waals surface area contributed by atoms with Crippen molar-refractivity contribution in [2.75, 3.05) is 15.9 Å². The first-order valence-corrected chi connectivity index (χ1v) is 10.9. The second-order valence-electron chi connectivity index (χ2n) is 6.88. The van der Waals surface area contributed by atoms with Crippen LogP contribution in [-0.4, -0.2) is 32.4 Å². The van der Waals surface area contributed by atoms with Crippen LogP contribution in [0.25, 0.3) is 0 Å². The summed E-state index contributed by atoms with van der Waals surface area (Å²) in [7, 11) is -3.70. The Labute approximate surface area is 166 Å². The molecule has 1 atom stereocenters. The van der Waals surface area contributed by atoms with Crippen LogP contribution in [-0.2, 0) is 14.8 Å². The first kappa shape index (κ1) is 21.6. The number of hydrogen-bond donors (Lipinski definition) is 1. The normalized spacial score (nSPS) is 12.3. The maximum atomic E-state index is 12.9. The van der Waals surface area contributed by atoms with E-state index in [0.717, 1.165) is 21.7 Å². The Morgan fingerprint density at radius 1 is 1.07 bits per heavy atom. The molecule has 2 aromatic rings. The summed E-state index contributed by atoms with van der Waals surface area (Å²) in [5.74, 6) is -0.567. The summed E-state index contributed by atoms with van der Waals surface area (Å²) in [6.45, 7) is 7.04. The second kappa shape index (κ2) is 8.56. The summed E-state index contributed by atoms with van der Waals surface area (Å²) in [5.41, 5.74) is 3.35. The van der Waals surface area contributed by atoms with Gasteiger partial charge in [-0.25, -0.2) is 8.42 Å². The highest BCUT2D eigenvalue weighted by Crippen LogP contribution is 2.25. The smallest absolute Gasteiger partial charge is 0.248 e. The third-order valence-corrected chi connectivity index (χ3v) is 5.79. The summed E-state index contributed by atoms with van der Waals surface area (Å²) < 4.78 is 26.2. The van der Waals surface area contributed by atoms with Gasteiger partial charge in [-0.15, -0.1) is 0 Å². The zero-order valence-corrected chi connectivity index (χ0v) is 17.6. The molecule has 28 heavy (non-hydrogen) atoms. The van der Waals surface area contributed by atoms with E-state index in [0.29, 0.717) is 16.9 Å². The van der Waals surface area contributed by atoms with Gasteiger partial charge in [-0.05, 0) is 62.6 Å². The molecule has 0 saturated carbocycles. The summed E-state index contributed by atoms with van der Waals surface area (Å²) in [6, 6.07) is 11.0. The van der Waals surface area contributed by atoms with Crippen LogP contribution in [0.15, 0.2) is 42.5 Å². The van der Waals surface area contributed by atoms with Crippen molar-refractivity contribution in [3.63, 3.8) is 0 Å². The van der Waals surface area contributed by atoms with Gasteiger partial charge in [0.1, 0.15) is 6.04 Å². The van der Waals surface area contributed by atoms with Crippen molar-refractivity contribution in [2.45, 2.75) is 40.2 Å². The molecule has 1 amide bonds.